The molecule has 0 bridgehead atoms. The van der Waals surface area contributed by atoms with Gasteiger partial charge >= 0.3 is 6.03 Å². The quantitative estimate of drug-likeness (QED) is 0.834. The molecule has 0 spiro atoms. The van der Waals surface area contributed by atoms with Crippen LogP contribution in [-0.4, -0.2) is 63.0 Å². The van der Waals surface area contributed by atoms with Gasteiger partial charge in [-0.2, -0.15) is 0 Å². The molecular formula is C21H25N3O5. The number of carbonyl (C=O) groups excluding carboxylic acids is 1. The summed E-state index contributed by atoms with van der Waals surface area (Å²) in [4.78, 5) is 16.8. The summed E-state index contributed by atoms with van der Waals surface area (Å²) in [6, 6.07) is 11.2. The highest BCUT2D eigenvalue weighted by atomic mass is 16.7. The molecule has 1 N–H and O–H groups in total. The van der Waals surface area contributed by atoms with Crippen LogP contribution < -0.4 is 24.3 Å². The first kappa shape index (κ1) is 19.2. The third-order valence-corrected chi connectivity index (χ3v) is 5.15. The van der Waals surface area contributed by atoms with Gasteiger partial charge in [-0.05, 0) is 29.8 Å². The largest absolute Gasteiger partial charge is 0.497 e. The van der Waals surface area contributed by atoms with Gasteiger partial charge in [-0.25, -0.2) is 4.79 Å². The maximum Gasteiger partial charge on any atom is 0.322 e. The summed E-state index contributed by atoms with van der Waals surface area (Å²) in [6.45, 7) is 4.01. The molecular weight excluding hydrogens is 374 g/mol. The van der Waals surface area contributed by atoms with Crippen LogP contribution in [0.2, 0.25) is 0 Å². The lowest BCUT2D eigenvalue weighted by atomic mass is 10.1. The van der Waals surface area contributed by atoms with E-state index in [4.69, 9.17) is 18.9 Å². The highest BCUT2D eigenvalue weighted by Crippen LogP contribution is 2.33. The number of nitrogens with zero attached hydrogens (tertiary/aromatic N) is 2. The van der Waals surface area contributed by atoms with Crippen molar-refractivity contribution in [1.29, 1.82) is 0 Å². The van der Waals surface area contributed by atoms with E-state index in [0.717, 1.165) is 31.1 Å². The maximum atomic E-state index is 12.7. The zero-order valence-electron chi connectivity index (χ0n) is 16.6. The Labute approximate surface area is 169 Å². The van der Waals surface area contributed by atoms with Crippen LogP contribution in [0, 0.1) is 0 Å². The SMILES string of the molecule is COc1ccc(OC)c(NC(=O)N2CCN(Cc3ccc4c(c3)OCO4)CC2)c1. The Morgan fingerprint density at radius 1 is 1.00 bits per heavy atom. The fraction of sp³-hybridized carbons (Fsp3) is 0.381. The predicted octanol–water partition coefficient (Wildman–Crippen LogP) is 2.78. The maximum absolute atomic E-state index is 12.7. The van der Waals surface area contributed by atoms with E-state index in [9.17, 15) is 4.79 Å². The Morgan fingerprint density at radius 2 is 1.79 bits per heavy atom. The molecule has 29 heavy (non-hydrogen) atoms. The number of anilines is 1. The Bertz CT molecular complexity index is 881. The molecule has 1 fully saturated rings. The van der Waals surface area contributed by atoms with Crippen LogP contribution in [0.1, 0.15) is 5.56 Å². The molecule has 0 aromatic heterocycles. The van der Waals surface area contributed by atoms with E-state index in [2.05, 4.69) is 16.3 Å². The molecule has 2 aromatic carbocycles. The fourth-order valence-electron chi connectivity index (χ4n) is 3.51. The van der Waals surface area contributed by atoms with E-state index in [0.29, 0.717) is 30.3 Å². The van der Waals surface area contributed by atoms with Crippen molar-refractivity contribution in [3.63, 3.8) is 0 Å². The first-order chi connectivity index (χ1) is 14.2. The lowest BCUT2D eigenvalue weighted by molar-refractivity contribution is 0.143. The number of hydrogen-bond donors (Lipinski definition) is 1. The van der Waals surface area contributed by atoms with Crippen molar-refractivity contribution >= 4 is 11.7 Å². The summed E-state index contributed by atoms with van der Waals surface area (Å²) in [5, 5.41) is 2.93. The van der Waals surface area contributed by atoms with Crippen LogP contribution in [-0.2, 0) is 6.54 Å². The van der Waals surface area contributed by atoms with E-state index in [-0.39, 0.29) is 12.8 Å². The number of carbonyl (C=O) groups is 1. The van der Waals surface area contributed by atoms with Gasteiger partial charge in [0.1, 0.15) is 11.5 Å². The van der Waals surface area contributed by atoms with Crippen molar-refractivity contribution < 1.29 is 23.7 Å². The van der Waals surface area contributed by atoms with Gasteiger partial charge in [-0.15, -0.1) is 0 Å². The normalized spacial score (nSPS) is 15.9. The van der Waals surface area contributed by atoms with Gasteiger partial charge in [-0.1, -0.05) is 6.07 Å². The number of urea groups is 1. The topological polar surface area (TPSA) is 72.5 Å². The number of fused-ring (bicyclic) bond motifs is 1. The lowest BCUT2D eigenvalue weighted by Crippen LogP contribution is -2.49. The van der Waals surface area contributed by atoms with Crippen LogP contribution in [0.25, 0.3) is 0 Å². The number of nitrogens with one attached hydrogen (secondary N) is 1. The minimum absolute atomic E-state index is 0.140. The monoisotopic (exact) mass is 399 g/mol. The smallest absolute Gasteiger partial charge is 0.322 e. The third-order valence-electron chi connectivity index (χ3n) is 5.15. The molecule has 2 amide bonds. The molecule has 0 aliphatic carbocycles. The molecule has 2 aliphatic heterocycles. The van der Waals surface area contributed by atoms with E-state index >= 15 is 0 Å². The number of amides is 2. The molecule has 0 atom stereocenters. The van der Waals surface area contributed by atoms with Crippen LogP contribution in [0.3, 0.4) is 0 Å². The Morgan fingerprint density at radius 3 is 2.55 bits per heavy atom. The van der Waals surface area contributed by atoms with Crippen LogP contribution in [0.5, 0.6) is 23.0 Å². The summed E-state index contributed by atoms with van der Waals surface area (Å²) < 4.78 is 21.4. The number of piperazine rings is 1. The number of methoxy groups -OCH3 is 2. The molecule has 0 unspecified atom stereocenters. The first-order valence-electron chi connectivity index (χ1n) is 9.55. The molecule has 2 heterocycles. The molecule has 2 aromatic rings. The predicted molar refractivity (Wildman–Crippen MR) is 108 cm³/mol. The molecule has 4 rings (SSSR count). The van der Waals surface area contributed by atoms with Gasteiger partial charge in [0.05, 0.1) is 19.9 Å². The molecule has 8 heteroatoms. The van der Waals surface area contributed by atoms with Gasteiger partial charge in [0.2, 0.25) is 6.79 Å². The standard InChI is InChI=1S/C21H25N3O5/c1-26-16-4-6-18(27-2)17(12-16)22-21(25)24-9-7-23(8-10-24)13-15-3-5-19-20(11-15)29-14-28-19/h3-6,11-12H,7-10,13-14H2,1-2H3,(H,22,25). The van der Waals surface area contributed by atoms with Gasteiger partial charge in [0, 0.05) is 38.8 Å². The van der Waals surface area contributed by atoms with E-state index in [1.165, 1.54) is 5.56 Å². The Hall–Kier alpha value is -3.13. The molecule has 154 valence electrons. The summed E-state index contributed by atoms with van der Waals surface area (Å²) in [5.74, 6) is 2.85. The van der Waals surface area contributed by atoms with Crippen molar-refractivity contribution in [2.45, 2.75) is 6.54 Å². The summed E-state index contributed by atoms with van der Waals surface area (Å²) in [7, 11) is 3.17. The first-order valence-corrected chi connectivity index (χ1v) is 9.55. The summed E-state index contributed by atoms with van der Waals surface area (Å²) >= 11 is 0. The van der Waals surface area contributed by atoms with Gasteiger partial charge < -0.3 is 29.2 Å². The summed E-state index contributed by atoms with van der Waals surface area (Å²) in [5.41, 5.74) is 1.77. The Kier molecular flexibility index (Phi) is 5.62. The molecule has 0 saturated carbocycles. The van der Waals surface area contributed by atoms with Crippen molar-refractivity contribution in [2.24, 2.45) is 0 Å². The molecule has 2 aliphatic rings. The number of hydrogen-bond acceptors (Lipinski definition) is 6. The number of ether oxygens (including phenoxy) is 4. The highest BCUT2D eigenvalue weighted by molar-refractivity contribution is 5.91. The van der Waals surface area contributed by atoms with Gasteiger partial charge in [0.25, 0.3) is 0 Å². The average Bonchev–Trinajstić information content (AvgIpc) is 3.22. The van der Waals surface area contributed by atoms with Crippen LogP contribution in [0.4, 0.5) is 10.5 Å². The van der Waals surface area contributed by atoms with Crippen molar-refractivity contribution in [3.05, 3.63) is 42.0 Å². The second-order valence-electron chi connectivity index (χ2n) is 6.95. The molecule has 8 nitrogen and oxygen atoms in total. The number of benzene rings is 2. The summed E-state index contributed by atoms with van der Waals surface area (Å²) in [6.07, 6.45) is 0. The van der Waals surface area contributed by atoms with Crippen molar-refractivity contribution in [1.82, 2.24) is 9.80 Å². The minimum Gasteiger partial charge on any atom is -0.497 e. The fourth-order valence-corrected chi connectivity index (χ4v) is 3.51. The minimum atomic E-state index is -0.140. The highest BCUT2D eigenvalue weighted by Gasteiger charge is 2.23. The third kappa shape index (κ3) is 4.32. The second kappa shape index (κ2) is 8.48. The van der Waals surface area contributed by atoms with Gasteiger partial charge in [-0.3, -0.25) is 4.90 Å². The van der Waals surface area contributed by atoms with Crippen molar-refractivity contribution in [2.75, 3.05) is 52.5 Å². The zero-order chi connectivity index (χ0) is 20.2. The zero-order valence-corrected chi connectivity index (χ0v) is 16.6. The molecule has 0 radical (unpaired) electrons. The van der Waals surface area contributed by atoms with Crippen molar-refractivity contribution in [3.8, 4) is 23.0 Å². The molecule has 1 saturated heterocycles. The number of rotatable bonds is 5. The van der Waals surface area contributed by atoms with Gasteiger partial charge in [0.15, 0.2) is 11.5 Å². The van der Waals surface area contributed by atoms with E-state index in [1.54, 1.807) is 32.4 Å². The van der Waals surface area contributed by atoms with E-state index < -0.39 is 0 Å². The average molecular weight is 399 g/mol. The van der Waals surface area contributed by atoms with Crippen LogP contribution in [0.15, 0.2) is 36.4 Å². The van der Waals surface area contributed by atoms with E-state index in [1.807, 2.05) is 17.0 Å². The second-order valence-corrected chi connectivity index (χ2v) is 6.95. The lowest BCUT2D eigenvalue weighted by Gasteiger charge is -2.34. The van der Waals surface area contributed by atoms with Crippen LogP contribution >= 0.6 is 0 Å². The Balaban J connectivity index is 1.32.